The molecule has 1 aliphatic rings. The smallest absolute Gasteiger partial charge is 0.257 e. The van der Waals surface area contributed by atoms with Gasteiger partial charge in [-0.1, -0.05) is 52.0 Å². The van der Waals surface area contributed by atoms with E-state index in [1.165, 1.54) is 0 Å². The number of rotatable bonds is 10. The van der Waals surface area contributed by atoms with Gasteiger partial charge in [0.15, 0.2) is 0 Å². The zero-order chi connectivity index (χ0) is 25.2. The van der Waals surface area contributed by atoms with Gasteiger partial charge in [-0.3, -0.25) is 9.59 Å². The standard InChI is InChI=1S/C29H40N2O4/c1-22(2)14-20-34-26-12-7-5-10-24(26)28(32)30-16-9-17-31(19-18-30)29(33)25-11-6-8-13-27(25)35-21-15-23(3)4/h5-8,10-13,22-23H,9,14-21H2,1-4H3. The average molecular weight is 481 g/mol. The van der Waals surface area contributed by atoms with E-state index in [-0.39, 0.29) is 11.8 Å². The Balaban J connectivity index is 1.64. The Morgan fingerprint density at radius 2 is 1.09 bits per heavy atom. The molecular formula is C29H40N2O4. The van der Waals surface area contributed by atoms with Gasteiger partial charge in [-0.2, -0.15) is 0 Å². The van der Waals surface area contributed by atoms with E-state index in [2.05, 4.69) is 27.7 Å². The predicted octanol–water partition coefficient (Wildman–Crippen LogP) is 5.52. The van der Waals surface area contributed by atoms with Crippen LogP contribution in [0.5, 0.6) is 11.5 Å². The van der Waals surface area contributed by atoms with Crippen molar-refractivity contribution in [3.8, 4) is 11.5 Å². The third-order valence-corrected chi connectivity index (χ3v) is 6.21. The molecule has 1 saturated heterocycles. The Morgan fingerprint density at radius 3 is 1.49 bits per heavy atom. The molecule has 1 aliphatic heterocycles. The van der Waals surface area contributed by atoms with Crippen LogP contribution in [0.3, 0.4) is 0 Å². The van der Waals surface area contributed by atoms with Crippen molar-refractivity contribution in [3.05, 3.63) is 59.7 Å². The van der Waals surface area contributed by atoms with E-state index in [9.17, 15) is 9.59 Å². The summed E-state index contributed by atoms with van der Waals surface area (Å²) in [5.74, 6) is 2.25. The summed E-state index contributed by atoms with van der Waals surface area (Å²) in [7, 11) is 0. The van der Waals surface area contributed by atoms with Gasteiger partial charge >= 0.3 is 0 Å². The molecule has 0 saturated carbocycles. The number of benzene rings is 2. The monoisotopic (exact) mass is 480 g/mol. The van der Waals surface area contributed by atoms with Gasteiger partial charge < -0.3 is 19.3 Å². The van der Waals surface area contributed by atoms with Crippen molar-refractivity contribution in [2.24, 2.45) is 11.8 Å². The van der Waals surface area contributed by atoms with E-state index < -0.39 is 0 Å². The van der Waals surface area contributed by atoms with Crippen LogP contribution in [-0.2, 0) is 0 Å². The number of ether oxygens (including phenoxy) is 2. The molecular weight excluding hydrogens is 440 g/mol. The minimum atomic E-state index is -0.0446. The molecule has 6 heteroatoms. The fourth-order valence-electron chi connectivity index (χ4n) is 4.01. The summed E-state index contributed by atoms with van der Waals surface area (Å²) in [6.45, 7) is 12.0. The van der Waals surface area contributed by atoms with E-state index in [4.69, 9.17) is 9.47 Å². The highest BCUT2D eigenvalue weighted by molar-refractivity contribution is 5.98. The Hall–Kier alpha value is -3.02. The lowest BCUT2D eigenvalue weighted by Gasteiger charge is -2.24. The molecule has 0 N–H and O–H groups in total. The molecule has 1 heterocycles. The second-order valence-corrected chi connectivity index (χ2v) is 9.99. The third kappa shape index (κ3) is 7.74. The molecule has 0 radical (unpaired) electrons. The third-order valence-electron chi connectivity index (χ3n) is 6.21. The maximum atomic E-state index is 13.4. The first-order valence-electron chi connectivity index (χ1n) is 12.9. The maximum absolute atomic E-state index is 13.4. The van der Waals surface area contributed by atoms with Crippen molar-refractivity contribution < 1.29 is 19.1 Å². The quantitative estimate of drug-likeness (QED) is 0.449. The zero-order valence-electron chi connectivity index (χ0n) is 21.7. The van der Waals surface area contributed by atoms with Crippen LogP contribution in [0.25, 0.3) is 0 Å². The van der Waals surface area contributed by atoms with Crippen LogP contribution in [-0.4, -0.2) is 61.0 Å². The van der Waals surface area contributed by atoms with Crippen LogP contribution in [0.1, 0.15) is 67.7 Å². The summed E-state index contributed by atoms with van der Waals surface area (Å²) in [6.07, 6.45) is 2.60. The van der Waals surface area contributed by atoms with Gasteiger partial charge in [-0.15, -0.1) is 0 Å². The SMILES string of the molecule is CC(C)CCOc1ccccc1C(=O)N1CCCN(C(=O)c2ccccc2OCCC(C)C)CC1. The number of para-hydroxylation sites is 2. The number of amides is 2. The first kappa shape index (κ1) is 26.6. The summed E-state index contributed by atoms with van der Waals surface area (Å²) >= 11 is 0. The van der Waals surface area contributed by atoms with Gasteiger partial charge in [0.05, 0.1) is 24.3 Å². The molecule has 3 rings (SSSR count). The fraction of sp³-hybridized carbons (Fsp3) is 0.517. The molecule has 0 unspecified atom stereocenters. The van der Waals surface area contributed by atoms with Crippen LogP contribution >= 0.6 is 0 Å². The fourth-order valence-corrected chi connectivity index (χ4v) is 4.01. The van der Waals surface area contributed by atoms with Gasteiger partial charge in [0.25, 0.3) is 11.8 Å². The lowest BCUT2D eigenvalue weighted by molar-refractivity contribution is 0.0713. The second kappa shape index (κ2) is 13.2. The van der Waals surface area contributed by atoms with Crippen molar-refractivity contribution in [1.82, 2.24) is 9.80 Å². The first-order valence-corrected chi connectivity index (χ1v) is 12.9. The number of carbonyl (C=O) groups is 2. The molecule has 190 valence electrons. The zero-order valence-corrected chi connectivity index (χ0v) is 21.7. The van der Waals surface area contributed by atoms with E-state index in [0.717, 1.165) is 19.3 Å². The lowest BCUT2D eigenvalue weighted by atomic mass is 10.1. The predicted molar refractivity (Wildman–Crippen MR) is 139 cm³/mol. The van der Waals surface area contributed by atoms with E-state index in [1.807, 2.05) is 58.3 Å². The normalized spacial score (nSPS) is 14.2. The van der Waals surface area contributed by atoms with Crippen molar-refractivity contribution in [2.45, 2.75) is 47.0 Å². The van der Waals surface area contributed by atoms with Crippen LogP contribution in [0.15, 0.2) is 48.5 Å². The van der Waals surface area contributed by atoms with Gasteiger partial charge in [0.1, 0.15) is 11.5 Å². The number of nitrogens with zero attached hydrogens (tertiary/aromatic N) is 2. The highest BCUT2D eigenvalue weighted by Gasteiger charge is 2.26. The van der Waals surface area contributed by atoms with E-state index in [1.54, 1.807) is 0 Å². The highest BCUT2D eigenvalue weighted by atomic mass is 16.5. The second-order valence-electron chi connectivity index (χ2n) is 9.99. The van der Waals surface area contributed by atoms with E-state index in [0.29, 0.717) is 73.9 Å². The Labute approximate surface area is 210 Å². The molecule has 35 heavy (non-hydrogen) atoms. The molecule has 1 fully saturated rings. The number of hydrogen-bond donors (Lipinski definition) is 0. The minimum Gasteiger partial charge on any atom is -0.493 e. The molecule has 0 bridgehead atoms. The highest BCUT2D eigenvalue weighted by Crippen LogP contribution is 2.24. The van der Waals surface area contributed by atoms with Gasteiger partial charge in [0.2, 0.25) is 0 Å². The van der Waals surface area contributed by atoms with Gasteiger partial charge in [0, 0.05) is 26.2 Å². The summed E-state index contributed by atoms with van der Waals surface area (Å²) in [5, 5.41) is 0. The molecule has 0 atom stereocenters. The molecule has 0 aliphatic carbocycles. The van der Waals surface area contributed by atoms with Crippen LogP contribution in [0.2, 0.25) is 0 Å². The Bertz CT molecular complexity index is 895. The summed E-state index contributed by atoms with van der Waals surface area (Å²) in [5.41, 5.74) is 1.17. The largest absolute Gasteiger partial charge is 0.493 e. The topological polar surface area (TPSA) is 59.1 Å². The Kier molecular flexibility index (Phi) is 10.0. The molecule has 6 nitrogen and oxygen atoms in total. The summed E-state index contributed by atoms with van der Waals surface area (Å²) < 4.78 is 11.9. The van der Waals surface area contributed by atoms with Crippen LogP contribution in [0.4, 0.5) is 0 Å². The number of hydrogen-bond acceptors (Lipinski definition) is 4. The summed E-state index contributed by atoms with van der Waals surface area (Å²) in [4.78, 5) is 30.4. The first-order chi connectivity index (χ1) is 16.9. The van der Waals surface area contributed by atoms with Crippen molar-refractivity contribution in [3.63, 3.8) is 0 Å². The minimum absolute atomic E-state index is 0.0446. The maximum Gasteiger partial charge on any atom is 0.257 e. The molecule has 2 aromatic rings. The van der Waals surface area contributed by atoms with Gasteiger partial charge in [-0.25, -0.2) is 0 Å². The average Bonchev–Trinajstić information content (AvgIpc) is 3.10. The molecule has 0 spiro atoms. The van der Waals surface area contributed by atoms with Crippen molar-refractivity contribution in [2.75, 3.05) is 39.4 Å². The van der Waals surface area contributed by atoms with Crippen LogP contribution in [0, 0.1) is 11.8 Å². The lowest BCUT2D eigenvalue weighted by Crippen LogP contribution is -2.37. The Morgan fingerprint density at radius 1 is 0.686 bits per heavy atom. The van der Waals surface area contributed by atoms with Crippen LogP contribution < -0.4 is 9.47 Å². The molecule has 2 amide bonds. The van der Waals surface area contributed by atoms with E-state index >= 15 is 0 Å². The van der Waals surface area contributed by atoms with Gasteiger partial charge in [-0.05, 0) is 55.4 Å². The van der Waals surface area contributed by atoms with Crippen molar-refractivity contribution >= 4 is 11.8 Å². The molecule has 2 aromatic carbocycles. The summed E-state index contributed by atoms with van der Waals surface area (Å²) in [6, 6.07) is 14.9. The number of carbonyl (C=O) groups excluding carboxylic acids is 2. The van der Waals surface area contributed by atoms with Crippen molar-refractivity contribution in [1.29, 1.82) is 0 Å². The molecule has 0 aromatic heterocycles.